The molecule has 0 aliphatic carbocycles. The molecule has 0 spiro atoms. The Bertz CT molecular complexity index is 643. The third kappa shape index (κ3) is 1.24. The van der Waals surface area contributed by atoms with E-state index in [4.69, 9.17) is 4.42 Å². The first-order valence-corrected chi connectivity index (χ1v) is 6.01. The molecule has 0 radical (unpaired) electrons. The zero-order chi connectivity index (χ0) is 10.3. The van der Waals surface area contributed by atoms with Gasteiger partial charge in [-0.15, -0.1) is 0 Å². The summed E-state index contributed by atoms with van der Waals surface area (Å²) >= 11 is 0. The van der Waals surface area contributed by atoms with Crippen LogP contribution in [0.4, 0.5) is 0 Å². The van der Waals surface area contributed by atoms with Gasteiger partial charge in [0.15, 0.2) is 5.43 Å². The fourth-order valence-electron chi connectivity index (χ4n) is 1.75. The van der Waals surface area contributed by atoms with Gasteiger partial charge in [0.1, 0.15) is 11.2 Å². The van der Waals surface area contributed by atoms with Gasteiger partial charge in [0.05, 0.1) is 5.39 Å². The second kappa shape index (κ2) is 3.14. The molecule has 3 heteroatoms. The smallest absolute Gasteiger partial charge is 0.195 e. The number of hydrogen-bond donors (Lipinski definition) is 0. The summed E-state index contributed by atoms with van der Waals surface area (Å²) in [6.07, 6.45) is 0. The summed E-state index contributed by atoms with van der Waals surface area (Å²) in [6.45, 7) is 0. The molecule has 0 unspecified atom stereocenters. The van der Waals surface area contributed by atoms with Crippen LogP contribution in [0.1, 0.15) is 0 Å². The van der Waals surface area contributed by atoms with E-state index in [1.54, 1.807) is 0 Å². The molecule has 2 heterocycles. The molecule has 3 rings (SSSR count). The maximum Gasteiger partial charge on any atom is 0.195 e. The van der Waals surface area contributed by atoms with Crippen molar-refractivity contribution in [1.82, 2.24) is 0 Å². The van der Waals surface area contributed by atoms with Gasteiger partial charge in [-0.25, -0.2) is 0 Å². The Morgan fingerprint density at radius 1 is 1.00 bits per heavy atom. The van der Waals surface area contributed by atoms with Crippen LogP contribution in [0.15, 0.2) is 51.3 Å². The second-order valence-corrected chi connectivity index (χ2v) is 4.72. The molecule has 2 nitrogen and oxygen atoms in total. The van der Waals surface area contributed by atoms with Crippen molar-refractivity contribution in [1.29, 1.82) is 0 Å². The Morgan fingerprint density at radius 3 is 2.73 bits per heavy atom. The summed E-state index contributed by atoms with van der Waals surface area (Å²) in [5, 5.41) is 0.687. The van der Waals surface area contributed by atoms with E-state index in [2.05, 4.69) is 0 Å². The summed E-state index contributed by atoms with van der Waals surface area (Å²) in [6, 6.07) is 11.2. The molecule has 0 saturated heterocycles. The first-order chi connectivity index (χ1) is 7.36. The van der Waals surface area contributed by atoms with E-state index in [0.717, 1.165) is 10.6 Å². The third-order valence-corrected chi connectivity index (χ3v) is 3.78. The van der Waals surface area contributed by atoms with E-state index in [0.29, 0.717) is 11.0 Å². The van der Waals surface area contributed by atoms with Gasteiger partial charge in [-0.1, -0.05) is 23.9 Å². The summed E-state index contributed by atoms with van der Waals surface area (Å²) in [5.41, 5.74) is 3.58. The first-order valence-electron chi connectivity index (χ1n) is 4.77. The third-order valence-electron chi connectivity index (χ3n) is 2.48. The summed E-state index contributed by atoms with van der Waals surface area (Å²) < 4.78 is 5.68. The molecular weight excluding hydrogens is 204 g/mol. The molecule has 0 aliphatic rings. The van der Waals surface area contributed by atoms with E-state index in [9.17, 15) is 4.79 Å². The normalized spacial score (nSPS) is 10.9. The molecule has 3 aromatic rings. The second-order valence-electron chi connectivity index (χ2n) is 3.42. The van der Waals surface area contributed by atoms with E-state index < -0.39 is 0 Å². The summed E-state index contributed by atoms with van der Waals surface area (Å²) in [5.74, 6) is 0. The fraction of sp³-hybridized carbons (Fsp3) is 0. The molecule has 0 aliphatic heterocycles. The van der Waals surface area contributed by atoms with Crippen LogP contribution in [0.25, 0.3) is 21.5 Å². The SMILES string of the molecule is O=c1c2ccccc2oc2ccc[siH]c12. The van der Waals surface area contributed by atoms with Crippen molar-refractivity contribution in [2.45, 2.75) is 0 Å². The molecule has 0 saturated carbocycles. The lowest BCUT2D eigenvalue weighted by Gasteiger charge is -1.99. The minimum Gasteiger partial charge on any atom is -0.456 e. The highest BCUT2D eigenvalue weighted by Crippen LogP contribution is 2.15. The molecule has 0 amide bonds. The van der Waals surface area contributed by atoms with Crippen molar-refractivity contribution in [3.63, 3.8) is 0 Å². The van der Waals surface area contributed by atoms with Gasteiger partial charge in [-0.2, -0.15) is 0 Å². The lowest BCUT2D eigenvalue weighted by molar-refractivity contribution is 0.661. The molecule has 0 fully saturated rings. The van der Waals surface area contributed by atoms with Crippen molar-refractivity contribution in [2.75, 3.05) is 0 Å². The van der Waals surface area contributed by atoms with Crippen LogP contribution in [-0.4, -0.2) is 9.12 Å². The topological polar surface area (TPSA) is 30.2 Å². The van der Waals surface area contributed by atoms with Gasteiger partial charge in [0.2, 0.25) is 0 Å². The molecule has 15 heavy (non-hydrogen) atoms. The van der Waals surface area contributed by atoms with Crippen LogP contribution in [0, 0.1) is 0 Å². The number of para-hydroxylation sites is 1. The molecular formula is C12H8O2Si. The van der Waals surface area contributed by atoms with Crippen LogP contribution in [0.3, 0.4) is 0 Å². The molecule has 72 valence electrons. The Labute approximate surface area is 87.9 Å². The van der Waals surface area contributed by atoms with Gasteiger partial charge in [-0.05, 0) is 18.2 Å². The first kappa shape index (κ1) is 8.56. The number of rotatable bonds is 0. The Kier molecular flexibility index (Phi) is 1.79. The highest BCUT2D eigenvalue weighted by molar-refractivity contribution is 6.45. The minimum absolute atomic E-state index is 0.0808. The van der Waals surface area contributed by atoms with Crippen molar-refractivity contribution in [3.05, 3.63) is 52.3 Å². The maximum atomic E-state index is 12.1. The lowest BCUT2D eigenvalue weighted by Crippen LogP contribution is -2.03. The maximum absolute atomic E-state index is 12.1. The van der Waals surface area contributed by atoms with Crippen molar-refractivity contribution < 1.29 is 4.42 Å². The highest BCUT2D eigenvalue weighted by Gasteiger charge is 2.04. The van der Waals surface area contributed by atoms with Gasteiger partial charge >= 0.3 is 0 Å². The van der Waals surface area contributed by atoms with Crippen LogP contribution >= 0.6 is 0 Å². The van der Waals surface area contributed by atoms with Crippen LogP contribution in [0.2, 0.25) is 0 Å². The minimum atomic E-state index is -0.0808. The zero-order valence-corrected chi connectivity index (χ0v) is 9.09. The number of hydrogen-bond acceptors (Lipinski definition) is 2. The summed E-state index contributed by atoms with van der Waals surface area (Å²) in [7, 11) is -0.0808. The standard InChI is InChI=1S/C12H8O2Si/c13-11-8-4-1-2-5-9(8)14-10-6-3-7-15-12(10)11/h1-7,15H. The quantitative estimate of drug-likeness (QED) is 0.421. The number of benzene rings is 1. The molecule has 1 aromatic carbocycles. The average molecular weight is 212 g/mol. The van der Waals surface area contributed by atoms with E-state index in [1.165, 1.54) is 0 Å². The summed E-state index contributed by atoms with van der Waals surface area (Å²) in [4.78, 5) is 12.9. The largest absolute Gasteiger partial charge is 0.456 e. The monoisotopic (exact) mass is 212 g/mol. The molecule has 0 bridgehead atoms. The zero-order valence-electron chi connectivity index (χ0n) is 7.94. The van der Waals surface area contributed by atoms with Gasteiger partial charge in [-0.3, -0.25) is 4.79 Å². The van der Waals surface area contributed by atoms with Crippen LogP contribution < -0.4 is 5.43 Å². The van der Waals surface area contributed by atoms with Gasteiger partial charge in [0, 0.05) is 14.1 Å². The average Bonchev–Trinajstić information content (AvgIpc) is 2.30. The molecule has 0 atom stereocenters. The predicted molar refractivity (Wildman–Crippen MR) is 62.7 cm³/mol. The highest BCUT2D eigenvalue weighted by atomic mass is 28.2. The van der Waals surface area contributed by atoms with E-state index >= 15 is 0 Å². The predicted octanol–water partition coefficient (Wildman–Crippen LogP) is 2.02. The van der Waals surface area contributed by atoms with E-state index in [1.807, 2.05) is 42.1 Å². The van der Waals surface area contributed by atoms with Crippen molar-refractivity contribution in [3.8, 4) is 0 Å². The van der Waals surface area contributed by atoms with Crippen LogP contribution in [0.5, 0.6) is 0 Å². The fourth-order valence-corrected chi connectivity index (χ4v) is 2.79. The Morgan fingerprint density at radius 2 is 1.80 bits per heavy atom. The van der Waals surface area contributed by atoms with Crippen LogP contribution in [-0.2, 0) is 0 Å². The Hall–Kier alpha value is -1.74. The van der Waals surface area contributed by atoms with Crippen molar-refractivity contribution in [2.24, 2.45) is 0 Å². The molecule has 2 aromatic heterocycles. The van der Waals surface area contributed by atoms with Crippen molar-refractivity contribution >= 4 is 30.7 Å². The number of fused-ring (bicyclic) bond motifs is 2. The molecule has 0 N–H and O–H groups in total. The van der Waals surface area contributed by atoms with E-state index in [-0.39, 0.29) is 14.5 Å². The van der Waals surface area contributed by atoms with Gasteiger partial charge < -0.3 is 4.42 Å². The van der Waals surface area contributed by atoms with Gasteiger partial charge in [0.25, 0.3) is 0 Å². The Balaban J connectivity index is 2.66. The lowest BCUT2D eigenvalue weighted by atomic mass is 10.2.